The van der Waals surface area contributed by atoms with Gasteiger partial charge in [0.2, 0.25) is 0 Å². The molecule has 1 aliphatic rings. The molecule has 2 amide bonds. The first-order valence-corrected chi connectivity index (χ1v) is 10.9. The topological polar surface area (TPSA) is 114 Å². The van der Waals surface area contributed by atoms with Crippen molar-refractivity contribution in [1.82, 2.24) is 10.6 Å². The monoisotopic (exact) mass is 434 g/mol. The molecule has 0 radical (unpaired) electrons. The Morgan fingerprint density at radius 1 is 1.03 bits per heavy atom. The first-order valence-electron chi connectivity index (χ1n) is 10.9. The van der Waals surface area contributed by atoms with Gasteiger partial charge in [0.1, 0.15) is 6.04 Å². The van der Waals surface area contributed by atoms with E-state index < -0.39 is 36.2 Å². The van der Waals surface area contributed by atoms with Gasteiger partial charge in [0.05, 0.1) is 32.8 Å². The number of carbonyl (C=O) groups is 3. The number of aliphatic hydroxyl groups is 1. The number of ether oxygens (including phenoxy) is 2. The molecule has 3 atom stereocenters. The molecule has 1 aromatic carbocycles. The molecule has 2 rings (SSSR count). The molecule has 0 aliphatic heterocycles. The lowest BCUT2D eigenvalue weighted by molar-refractivity contribution is -0.144. The standard InChI is InChI=1S/C23H34N2O6/c1-30-21(27)15-20(26)18(13-16-9-5-3-6-10-16)24-23(29)25-19(22(28)31-2)14-17-11-7-4-8-12-17/h3,5-6,9-10,17-20,26H,4,7-8,11-15H2,1-2H3,(H2,24,25,29)/t18-,19-,20-/m0/s1. The number of nitrogens with one attached hydrogen (secondary N) is 2. The molecule has 0 spiro atoms. The quantitative estimate of drug-likeness (QED) is 0.487. The molecule has 1 aliphatic carbocycles. The summed E-state index contributed by atoms with van der Waals surface area (Å²) >= 11 is 0. The minimum Gasteiger partial charge on any atom is -0.469 e. The van der Waals surface area contributed by atoms with Crippen molar-refractivity contribution in [1.29, 1.82) is 0 Å². The van der Waals surface area contributed by atoms with Gasteiger partial charge in [-0.05, 0) is 24.3 Å². The maximum Gasteiger partial charge on any atom is 0.328 e. The Morgan fingerprint density at radius 2 is 1.71 bits per heavy atom. The number of hydrogen-bond donors (Lipinski definition) is 3. The van der Waals surface area contributed by atoms with E-state index in [1.807, 2.05) is 30.3 Å². The first-order chi connectivity index (χ1) is 14.9. The molecule has 0 aromatic heterocycles. The zero-order valence-electron chi connectivity index (χ0n) is 18.3. The van der Waals surface area contributed by atoms with Gasteiger partial charge in [-0.15, -0.1) is 0 Å². The summed E-state index contributed by atoms with van der Waals surface area (Å²) in [6.45, 7) is 0. The first kappa shape index (κ1) is 24.7. The highest BCUT2D eigenvalue weighted by Crippen LogP contribution is 2.27. The van der Waals surface area contributed by atoms with Gasteiger partial charge in [0.25, 0.3) is 0 Å². The molecule has 0 heterocycles. The fraction of sp³-hybridized carbons (Fsp3) is 0.609. The van der Waals surface area contributed by atoms with Crippen molar-refractivity contribution in [3.8, 4) is 0 Å². The number of hydrogen-bond acceptors (Lipinski definition) is 6. The number of amides is 2. The van der Waals surface area contributed by atoms with Gasteiger partial charge in [-0.3, -0.25) is 4.79 Å². The zero-order chi connectivity index (χ0) is 22.6. The van der Waals surface area contributed by atoms with E-state index in [2.05, 4.69) is 15.4 Å². The maximum atomic E-state index is 12.7. The molecule has 3 N–H and O–H groups in total. The fourth-order valence-corrected chi connectivity index (χ4v) is 4.03. The van der Waals surface area contributed by atoms with Crippen molar-refractivity contribution in [2.75, 3.05) is 14.2 Å². The number of esters is 2. The van der Waals surface area contributed by atoms with Crippen LogP contribution >= 0.6 is 0 Å². The summed E-state index contributed by atoms with van der Waals surface area (Å²) in [5.41, 5.74) is 0.892. The lowest BCUT2D eigenvalue weighted by Crippen LogP contribution is -2.53. The predicted octanol–water partition coefficient (Wildman–Crippen LogP) is 2.33. The Labute approximate surface area is 183 Å². The van der Waals surface area contributed by atoms with E-state index in [0.29, 0.717) is 18.8 Å². The van der Waals surface area contributed by atoms with Gasteiger partial charge in [-0.2, -0.15) is 0 Å². The molecule has 172 valence electrons. The van der Waals surface area contributed by atoms with E-state index in [9.17, 15) is 19.5 Å². The van der Waals surface area contributed by atoms with Crippen LogP contribution in [0.15, 0.2) is 30.3 Å². The van der Waals surface area contributed by atoms with Crippen molar-refractivity contribution in [2.24, 2.45) is 5.92 Å². The van der Waals surface area contributed by atoms with E-state index in [1.165, 1.54) is 20.6 Å². The number of urea groups is 1. The third-order valence-corrected chi connectivity index (χ3v) is 5.77. The number of carbonyl (C=O) groups excluding carboxylic acids is 3. The molecular formula is C23H34N2O6. The fourth-order valence-electron chi connectivity index (χ4n) is 4.03. The third-order valence-electron chi connectivity index (χ3n) is 5.77. The Hall–Kier alpha value is -2.61. The van der Waals surface area contributed by atoms with E-state index in [1.54, 1.807) is 0 Å². The van der Waals surface area contributed by atoms with Crippen LogP contribution in [0, 0.1) is 5.92 Å². The van der Waals surface area contributed by atoms with Gasteiger partial charge in [0, 0.05) is 0 Å². The normalized spacial score (nSPS) is 17.1. The molecule has 1 fully saturated rings. The van der Waals surface area contributed by atoms with Crippen LogP contribution in [0.3, 0.4) is 0 Å². The van der Waals surface area contributed by atoms with E-state index in [4.69, 9.17) is 4.74 Å². The third kappa shape index (κ3) is 8.57. The van der Waals surface area contributed by atoms with Crippen molar-refractivity contribution in [2.45, 2.75) is 69.6 Å². The molecule has 1 aromatic rings. The second-order valence-corrected chi connectivity index (χ2v) is 8.08. The predicted molar refractivity (Wildman–Crippen MR) is 115 cm³/mol. The minimum atomic E-state index is -1.15. The van der Waals surface area contributed by atoms with Gasteiger partial charge < -0.3 is 25.2 Å². The summed E-state index contributed by atoms with van der Waals surface area (Å²) in [5.74, 6) is -0.698. The Kier molecular flexibility index (Phi) is 10.3. The van der Waals surface area contributed by atoms with Crippen molar-refractivity contribution >= 4 is 18.0 Å². The molecule has 8 heteroatoms. The Balaban J connectivity index is 2.04. The number of benzene rings is 1. The lowest BCUT2D eigenvalue weighted by atomic mass is 9.85. The molecule has 0 unspecified atom stereocenters. The van der Waals surface area contributed by atoms with Crippen LogP contribution in [0.5, 0.6) is 0 Å². The average molecular weight is 435 g/mol. The van der Waals surface area contributed by atoms with Crippen LogP contribution in [0.25, 0.3) is 0 Å². The van der Waals surface area contributed by atoms with Crippen LogP contribution in [-0.4, -0.2) is 55.5 Å². The molecule has 0 saturated heterocycles. The van der Waals surface area contributed by atoms with Crippen molar-refractivity contribution in [3.63, 3.8) is 0 Å². The smallest absolute Gasteiger partial charge is 0.328 e. The van der Waals surface area contributed by atoms with Crippen molar-refractivity contribution in [3.05, 3.63) is 35.9 Å². The molecule has 0 bridgehead atoms. The summed E-state index contributed by atoms with van der Waals surface area (Å²) in [7, 11) is 2.54. The second-order valence-electron chi connectivity index (χ2n) is 8.08. The van der Waals surface area contributed by atoms with Gasteiger partial charge >= 0.3 is 18.0 Å². The SMILES string of the molecule is COC(=O)C[C@H](O)[C@H](Cc1ccccc1)NC(=O)N[C@@H](CC1CCCCC1)C(=O)OC. The number of aliphatic hydroxyl groups excluding tert-OH is 1. The highest BCUT2D eigenvalue weighted by atomic mass is 16.5. The van der Waals surface area contributed by atoms with E-state index in [-0.39, 0.29) is 6.42 Å². The highest BCUT2D eigenvalue weighted by molar-refractivity contribution is 5.83. The average Bonchev–Trinajstić information content (AvgIpc) is 2.78. The molecule has 8 nitrogen and oxygen atoms in total. The van der Waals surface area contributed by atoms with E-state index in [0.717, 1.165) is 31.2 Å². The molecule has 1 saturated carbocycles. The zero-order valence-corrected chi connectivity index (χ0v) is 18.3. The summed E-state index contributed by atoms with van der Waals surface area (Å²) in [4.78, 5) is 36.6. The van der Waals surface area contributed by atoms with Crippen LogP contribution < -0.4 is 10.6 Å². The highest BCUT2D eigenvalue weighted by Gasteiger charge is 2.29. The number of rotatable bonds is 10. The summed E-state index contributed by atoms with van der Waals surface area (Å²) in [6, 6.07) is 7.24. The largest absolute Gasteiger partial charge is 0.469 e. The van der Waals surface area contributed by atoms with Crippen LogP contribution in [-0.2, 0) is 25.5 Å². The molecular weight excluding hydrogens is 400 g/mol. The Morgan fingerprint density at radius 3 is 2.32 bits per heavy atom. The summed E-state index contributed by atoms with van der Waals surface area (Å²) in [5, 5.41) is 16.0. The van der Waals surface area contributed by atoms with Crippen LogP contribution in [0.4, 0.5) is 4.79 Å². The van der Waals surface area contributed by atoms with Crippen LogP contribution in [0.1, 0.15) is 50.5 Å². The van der Waals surface area contributed by atoms with Gasteiger partial charge in [-0.1, -0.05) is 62.4 Å². The van der Waals surface area contributed by atoms with E-state index >= 15 is 0 Å². The second kappa shape index (κ2) is 12.9. The lowest BCUT2D eigenvalue weighted by Gasteiger charge is -2.28. The maximum absolute atomic E-state index is 12.7. The Bertz CT molecular complexity index is 705. The summed E-state index contributed by atoms with van der Waals surface area (Å²) < 4.78 is 9.51. The minimum absolute atomic E-state index is 0.253. The molecule has 31 heavy (non-hydrogen) atoms. The van der Waals surface area contributed by atoms with Crippen molar-refractivity contribution < 1.29 is 29.0 Å². The number of methoxy groups -OCH3 is 2. The summed E-state index contributed by atoms with van der Waals surface area (Å²) in [6.07, 6.45) is 4.97. The van der Waals surface area contributed by atoms with Gasteiger partial charge in [0.15, 0.2) is 0 Å². The van der Waals surface area contributed by atoms with Gasteiger partial charge in [-0.25, -0.2) is 9.59 Å². The van der Waals surface area contributed by atoms with Crippen LogP contribution in [0.2, 0.25) is 0 Å².